The van der Waals surface area contributed by atoms with E-state index in [2.05, 4.69) is 38.1 Å². The van der Waals surface area contributed by atoms with Crippen molar-refractivity contribution in [2.24, 2.45) is 0 Å². The third-order valence-corrected chi connectivity index (χ3v) is 2.47. The predicted octanol–water partition coefficient (Wildman–Crippen LogP) is 4.50. The van der Waals surface area contributed by atoms with Gasteiger partial charge in [0.05, 0.1) is 0 Å². The first-order valence-corrected chi connectivity index (χ1v) is 5.94. The van der Waals surface area contributed by atoms with E-state index < -0.39 is 0 Å². The van der Waals surface area contributed by atoms with E-state index in [0.29, 0.717) is 0 Å². The molecule has 0 aliphatic rings. The van der Waals surface area contributed by atoms with Crippen molar-refractivity contribution in [2.45, 2.75) is 26.7 Å². The molecule has 0 amide bonds. The van der Waals surface area contributed by atoms with Crippen LogP contribution in [0.4, 0.5) is 0 Å². The number of benzene rings is 2. The molecule has 84 valence electrons. The molecule has 0 heteroatoms. The van der Waals surface area contributed by atoms with Crippen molar-refractivity contribution in [1.29, 1.82) is 0 Å². The quantitative estimate of drug-likeness (QED) is 0.687. The molecule has 0 heterocycles. The van der Waals surface area contributed by atoms with Crippen LogP contribution in [0, 0.1) is 0 Å². The molecule has 0 aliphatic heterocycles. The minimum Gasteiger partial charge on any atom is -0.0623 e. The van der Waals surface area contributed by atoms with Gasteiger partial charge in [-0.1, -0.05) is 74.5 Å². The number of hydrogen-bond donors (Lipinski definition) is 0. The van der Waals surface area contributed by atoms with Crippen LogP contribution in [0.1, 0.15) is 25.0 Å². The summed E-state index contributed by atoms with van der Waals surface area (Å²) in [5.41, 5.74) is 2.89. The van der Waals surface area contributed by atoms with E-state index in [1.165, 1.54) is 11.1 Å². The second-order valence-corrected chi connectivity index (χ2v) is 3.68. The van der Waals surface area contributed by atoms with Gasteiger partial charge < -0.3 is 0 Å². The van der Waals surface area contributed by atoms with Gasteiger partial charge >= 0.3 is 0 Å². The lowest BCUT2D eigenvalue weighted by Crippen LogP contribution is -1.83. The minimum absolute atomic E-state index is 1.15. The molecule has 0 bridgehead atoms. The average molecular weight is 212 g/mol. The van der Waals surface area contributed by atoms with Crippen LogP contribution in [0.2, 0.25) is 0 Å². The number of hydrogen-bond acceptors (Lipinski definition) is 0. The first-order chi connectivity index (χ1) is 7.86. The van der Waals surface area contributed by atoms with Crippen LogP contribution in [0.3, 0.4) is 0 Å². The Kier molecular flexibility index (Phi) is 6.02. The Morgan fingerprint density at radius 2 is 1.00 bits per heavy atom. The molecular weight excluding hydrogens is 192 g/mol. The molecular formula is C16H20. The largest absolute Gasteiger partial charge is 0.0623 e. The summed E-state index contributed by atoms with van der Waals surface area (Å²) < 4.78 is 0. The Bertz CT molecular complexity index is 330. The van der Waals surface area contributed by atoms with Gasteiger partial charge in [0.1, 0.15) is 0 Å². The predicted molar refractivity (Wildman–Crippen MR) is 71.6 cm³/mol. The summed E-state index contributed by atoms with van der Waals surface area (Å²) in [6.45, 7) is 4.38. The summed E-state index contributed by atoms with van der Waals surface area (Å²) in [6.07, 6.45) is 2.29. The van der Waals surface area contributed by atoms with Crippen molar-refractivity contribution in [3.8, 4) is 0 Å². The molecule has 0 saturated carbocycles. The standard InChI is InChI=1S/C10H14.C6H6/c1-3-9-6-5-7-10(4-2)8-9;1-2-4-6-5-3-1/h5-8H,3-4H2,1-2H3;1-6H. The molecule has 0 spiro atoms. The Morgan fingerprint density at radius 1 is 0.625 bits per heavy atom. The van der Waals surface area contributed by atoms with Crippen LogP contribution in [0.15, 0.2) is 60.7 Å². The van der Waals surface area contributed by atoms with Crippen molar-refractivity contribution in [3.05, 3.63) is 71.8 Å². The fourth-order valence-electron chi connectivity index (χ4n) is 1.45. The SMILES string of the molecule is CCc1cccc(CC)c1.c1ccccc1. The maximum Gasteiger partial charge on any atom is -0.0307 e. The molecule has 16 heavy (non-hydrogen) atoms. The van der Waals surface area contributed by atoms with Gasteiger partial charge in [-0.2, -0.15) is 0 Å². The van der Waals surface area contributed by atoms with Crippen LogP contribution in [0.5, 0.6) is 0 Å². The molecule has 0 atom stereocenters. The minimum atomic E-state index is 1.15. The molecule has 0 aliphatic carbocycles. The maximum atomic E-state index is 2.28. The van der Waals surface area contributed by atoms with Gasteiger partial charge in [-0.15, -0.1) is 0 Å². The maximum absolute atomic E-state index is 2.28. The highest BCUT2D eigenvalue weighted by molar-refractivity contribution is 5.23. The van der Waals surface area contributed by atoms with Crippen LogP contribution >= 0.6 is 0 Å². The summed E-state index contributed by atoms with van der Waals surface area (Å²) in [5.74, 6) is 0. The van der Waals surface area contributed by atoms with Gasteiger partial charge in [-0.3, -0.25) is 0 Å². The van der Waals surface area contributed by atoms with Gasteiger partial charge in [-0.05, 0) is 24.0 Å². The zero-order valence-corrected chi connectivity index (χ0v) is 10.2. The van der Waals surface area contributed by atoms with E-state index in [4.69, 9.17) is 0 Å². The summed E-state index contributed by atoms with van der Waals surface area (Å²) in [7, 11) is 0. The molecule has 2 aromatic rings. The lowest BCUT2D eigenvalue weighted by atomic mass is 10.1. The molecule has 0 nitrogen and oxygen atoms in total. The van der Waals surface area contributed by atoms with Gasteiger partial charge in [0.25, 0.3) is 0 Å². The van der Waals surface area contributed by atoms with E-state index in [-0.39, 0.29) is 0 Å². The molecule has 0 saturated heterocycles. The second-order valence-electron chi connectivity index (χ2n) is 3.68. The Balaban J connectivity index is 0.000000181. The van der Waals surface area contributed by atoms with E-state index in [1.54, 1.807) is 0 Å². The Hall–Kier alpha value is -1.56. The summed E-state index contributed by atoms with van der Waals surface area (Å²) in [5, 5.41) is 0. The summed E-state index contributed by atoms with van der Waals surface area (Å²) in [4.78, 5) is 0. The van der Waals surface area contributed by atoms with Crippen LogP contribution < -0.4 is 0 Å². The van der Waals surface area contributed by atoms with E-state index in [0.717, 1.165) is 12.8 Å². The fraction of sp³-hybridized carbons (Fsp3) is 0.250. The van der Waals surface area contributed by atoms with Gasteiger partial charge in [0.2, 0.25) is 0 Å². The molecule has 0 radical (unpaired) electrons. The van der Waals surface area contributed by atoms with Crippen molar-refractivity contribution < 1.29 is 0 Å². The topological polar surface area (TPSA) is 0 Å². The highest BCUT2D eigenvalue weighted by Gasteiger charge is 1.89. The Morgan fingerprint density at radius 3 is 1.31 bits per heavy atom. The van der Waals surface area contributed by atoms with E-state index in [1.807, 2.05) is 36.4 Å². The van der Waals surface area contributed by atoms with Gasteiger partial charge in [0, 0.05) is 0 Å². The third kappa shape index (κ3) is 4.79. The van der Waals surface area contributed by atoms with Crippen molar-refractivity contribution in [3.63, 3.8) is 0 Å². The number of rotatable bonds is 2. The lowest BCUT2D eigenvalue weighted by molar-refractivity contribution is 1.09. The first-order valence-electron chi connectivity index (χ1n) is 5.94. The first kappa shape index (κ1) is 12.5. The number of aryl methyl sites for hydroxylation is 2. The van der Waals surface area contributed by atoms with Crippen molar-refractivity contribution in [1.82, 2.24) is 0 Å². The summed E-state index contributed by atoms with van der Waals surface area (Å²) in [6, 6.07) is 20.8. The molecule has 0 unspecified atom stereocenters. The lowest BCUT2D eigenvalue weighted by Gasteiger charge is -1.98. The van der Waals surface area contributed by atoms with Crippen molar-refractivity contribution >= 4 is 0 Å². The highest BCUT2D eigenvalue weighted by Crippen LogP contribution is 2.05. The zero-order valence-electron chi connectivity index (χ0n) is 10.2. The van der Waals surface area contributed by atoms with Crippen molar-refractivity contribution in [2.75, 3.05) is 0 Å². The normalized spacial score (nSPS) is 9.12. The fourth-order valence-corrected chi connectivity index (χ4v) is 1.45. The van der Waals surface area contributed by atoms with Gasteiger partial charge in [-0.25, -0.2) is 0 Å². The van der Waals surface area contributed by atoms with Gasteiger partial charge in [0.15, 0.2) is 0 Å². The molecule has 0 N–H and O–H groups in total. The Labute approximate surface area is 99.0 Å². The molecule has 2 aromatic carbocycles. The van der Waals surface area contributed by atoms with E-state index >= 15 is 0 Å². The molecule has 0 aromatic heterocycles. The highest BCUT2D eigenvalue weighted by atomic mass is 13.9. The smallest absolute Gasteiger partial charge is 0.0307 e. The van der Waals surface area contributed by atoms with Crippen LogP contribution in [-0.2, 0) is 12.8 Å². The second kappa shape index (κ2) is 7.70. The van der Waals surface area contributed by atoms with Crippen LogP contribution in [-0.4, -0.2) is 0 Å². The van der Waals surface area contributed by atoms with E-state index in [9.17, 15) is 0 Å². The van der Waals surface area contributed by atoms with Crippen LogP contribution in [0.25, 0.3) is 0 Å². The molecule has 2 rings (SSSR count). The zero-order chi connectivity index (χ0) is 11.6. The monoisotopic (exact) mass is 212 g/mol. The third-order valence-electron chi connectivity index (χ3n) is 2.47. The average Bonchev–Trinajstić information content (AvgIpc) is 2.41. The molecule has 0 fully saturated rings. The summed E-state index contributed by atoms with van der Waals surface area (Å²) >= 11 is 0.